The number of nitrogens with zero attached hydrogens (tertiary/aromatic N) is 1. The van der Waals surface area contributed by atoms with Crippen LogP contribution in [0.1, 0.15) is 16.8 Å². The second-order valence-corrected chi connectivity index (χ2v) is 4.99. The van der Waals surface area contributed by atoms with E-state index in [2.05, 4.69) is 50.5 Å². The van der Waals surface area contributed by atoms with Crippen molar-refractivity contribution in [3.63, 3.8) is 0 Å². The molecule has 0 bridgehead atoms. The Morgan fingerprint density at radius 1 is 1.11 bits per heavy atom. The number of anilines is 1. The lowest BCUT2D eigenvalue weighted by Crippen LogP contribution is -2.03. The minimum Gasteiger partial charge on any atom is -0.366 e. The molecule has 0 atom stereocenters. The molecule has 0 saturated heterocycles. The summed E-state index contributed by atoms with van der Waals surface area (Å²) in [7, 11) is 0. The van der Waals surface area contributed by atoms with Crippen LogP contribution in [-0.2, 0) is 13.1 Å². The molecule has 1 heterocycles. The molecule has 94 valence electrons. The standard InChI is InChI=1S/C14H16BrN3/c1-10-13(15)6-7-14(18-10)17-9-12-4-2-11(8-16)3-5-12/h2-7H,8-9,16H2,1H3,(H,17,18). The predicted octanol–water partition coefficient (Wildman–Crippen LogP) is 3.22. The Labute approximate surface area is 116 Å². The van der Waals surface area contributed by atoms with Crippen LogP contribution in [0, 0.1) is 6.92 Å². The highest BCUT2D eigenvalue weighted by Crippen LogP contribution is 2.16. The smallest absolute Gasteiger partial charge is 0.126 e. The Bertz CT molecular complexity index is 523. The molecule has 0 spiro atoms. The first-order chi connectivity index (χ1) is 8.69. The van der Waals surface area contributed by atoms with Gasteiger partial charge in [0.1, 0.15) is 5.82 Å². The zero-order valence-electron chi connectivity index (χ0n) is 10.3. The fourth-order valence-corrected chi connectivity index (χ4v) is 1.85. The van der Waals surface area contributed by atoms with Gasteiger partial charge in [-0.15, -0.1) is 0 Å². The molecule has 18 heavy (non-hydrogen) atoms. The van der Waals surface area contributed by atoms with E-state index in [0.717, 1.165) is 28.1 Å². The molecule has 0 aliphatic carbocycles. The van der Waals surface area contributed by atoms with Crippen molar-refractivity contribution in [2.45, 2.75) is 20.0 Å². The van der Waals surface area contributed by atoms with Crippen LogP contribution in [0.3, 0.4) is 0 Å². The third kappa shape index (κ3) is 3.31. The van der Waals surface area contributed by atoms with Gasteiger partial charge in [-0.05, 0) is 46.1 Å². The Morgan fingerprint density at radius 2 is 1.78 bits per heavy atom. The highest BCUT2D eigenvalue weighted by molar-refractivity contribution is 9.10. The molecule has 3 nitrogen and oxygen atoms in total. The van der Waals surface area contributed by atoms with Crippen LogP contribution >= 0.6 is 15.9 Å². The van der Waals surface area contributed by atoms with E-state index in [4.69, 9.17) is 5.73 Å². The van der Waals surface area contributed by atoms with E-state index in [1.807, 2.05) is 19.1 Å². The van der Waals surface area contributed by atoms with Crippen molar-refractivity contribution in [2.24, 2.45) is 5.73 Å². The maximum atomic E-state index is 5.57. The van der Waals surface area contributed by atoms with E-state index in [1.54, 1.807) is 0 Å². The molecule has 0 fully saturated rings. The van der Waals surface area contributed by atoms with Gasteiger partial charge in [-0.25, -0.2) is 4.98 Å². The van der Waals surface area contributed by atoms with Crippen molar-refractivity contribution in [1.82, 2.24) is 4.98 Å². The Kier molecular flexibility index (Phi) is 4.33. The van der Waals surface area contributed by atoms with Crippen molar-refractivity contribution in [1.29, 1.82) is 0 Å². The molecule has 1 aromatic heterocycles. The maximum Gasteiger partial charge on any atom is 0.126 e. The number of pyridine rings is 1. The molecule has 0 saturated carbocycles. The first-order valence-corrected chi connectivity index (χ1v) is 6.63. The molecule has 0 aliphatic rings. The van der Waals surface area contributed by atoms with Crippen molar-refractivity contribution >= 4 is 21.7 Å². The van der Waals surface area contributed by atoms with Crippen LogP contribution in [0.4, 0.5) is 5.82 Å². The first-order valence-electron chi connectivity index (χ1n) is 5.84. The topological polar surface area (TPSA) is 50.9 Å². The van der Waals surface area contributed by atoms with E-state index in [-0.39, 0.29) is 0 Å². The quantitative estimate of drug-likeness (QED) is 0.912. The minimum atomic E-state index is 0.584. The molecule has 1 aromatic carbocycles. The van der Waals surface area contributed by atoms with Crippen LogP contribution in [0.25, 0.3) is 0 Å². The summed E-state index contributed by atoms with van der Waals surface area (Å²) >= 11 is 3.44. The normalized spacial score (nSPS) is 10.4. The average Bonchev–Trinajstić information content (AvgIpc) is 2.41. The first kappa shape index (κ1) is 13.1. The zero-order valence-corrected chi connectivity index (χ0v) is 11.9. The number of nitrogens with two attached hydrogens (primary N) is 1. The maximum absolute atomic E-state index is 5.57. The van der Waals surface area contributed by atoms with Crippen molar-refractivity contribution in [2.75, 3.05) is 5.32 Å². The lowest BCUT2D eigenvalue weighted by Gasteiger charge is -2.07. The molecule has 2 rings (SSSR count). The van der Waals surface area contributed by atoms with Gasteiger partial charge in [-0.3, -0.25) is 0 Å². The fraction of sp³-hybridized carbons (Fsp3) is 0.214. The van der Waals surface area contributed by atoms with Gasteiger partial charge in [0, 0.05) is 17.6 Å². The summed E-state index contributed by atoms with van der Waals surface area (Å²) in [5.41, 5.74) is 8.92. The molecule has 0 amide bonds. The molecule has 2 aromatic rings. The van der Waals surface area contributed by atoms with Crippen LogP contribution < -0.4 is 11.1 Å². The molecule has 4 heteroatoms. The van der Waals surface area contributed by atoms with Crippen molar-refractivity contribution < 1.29 is 0 Å². The predicted molar refractivity (Wildman–Crippen MR) is 78.3 cm³/mol. The highest BCUT2D eigenvalue weighted by Gasteiger charge is 1.99. The van der Waals surface area contributed by atoms with Gasteiger partial charge in [0.2, 0.25) is 0 Å². The van der Waals surface area contributed by atoms with Crippen LogP contribution in [0.5, 0.6) is 0 Å². The molecule has 0 unspecified atom stereocenters. The number of benzene rings is 1. The van der Waals surface area contributed by atoms with Crippen LogP contribution in [0.2, 0.25) is 0 Å². The number of hydrogen-bond acceptors (Lipinski definition) is 3. The SMILES string of the molecule is Cc1nc(NCc2ccc(CN)cc2)ccc1Br. The Balaban J connectivity index is 1.99. The number of nitrogens with one attached hydrogen (secondary N) is 1. The second-order valence-electron chi connectivity index (χ2n) is 4.14. The average molecular weight is 306 g/mol. The monoisotopic (exact) mass is 305 g/mol. The number of aryl methyl sites for hydroxylation is 1. The lowest BCUT2D eigenvalue weighted by molar-refractivity contribution is 1.05. The van der Waals surface area contributed by atoms with Gasteiger partial charge in [-0.2, -0.15) is 0 Å². The number of aromatic nitrogens is 1. The number of halogens is 1. The van der Waals surface area contributed by atoms with E-state index in [0.29, 0.717) is 6.54 Å². The van der Waals surface area contributed by atoms with E-state index >= 15 is 0 Å². The largest absolute Gasteiger partial charge is 0.366 e. The fourth-order valence-electron chi connectivity index (χ4n) is 1.63. The molecule has 0 aliphatic heterocycles. The van der Waals surface area contributed by atoms with Crippen LogP contribution in [-0.4, -0.2) is 4.98 Å². The van der Waals surface area contributed by atoms with Gasteiger partial charge in [0.05, 0.1) is 5.69 Å². The summed E-state index contributed by atoms with van der Waals surface area (Å²) < 4.78 is 1.03. The van der Waals surface area contributed by atoms with Crippen molar-refractivity contribution in [3.8, 4) is 0 Å². The van der Waals surface area contributed by atoms with E-state index in [1.165, 1.54) is 5.56 Å². The van der Waals surface area contributed by atoms with Crippen molar-refractivity contribution in [3.05, 3.63) is 57.7 Å². The number of hydrogen-bond donors (Lipinski definition) is 2. The summed E-state index contributed by atoms with van der Waals surface area (Å²) in [4.78, 5) is 4.44. The Hall–Kier alpha value is -1.39. The van der Waals surface area contributed by atoms with Gasteiger partial charge in [-0.1, -0.05) is 24.3 Å². The summed E-state index contributed by atoms with van der Waals surface area (Å²) in [6.07, 6.45) is 0. The van der Waals surface area contributed by atoms with Gasteiger partial charge in [0.25, 0.3) is 0 Å². The lowest BCUT2D eigenvalue weighted by atomic mass is 10.1. The number of rotatable bonds is 4. The highest BCUT2D eigenvalue weighted by atomic mass is 79.9. The second kappa shape index (κ2) is 5.98. The Morgan fingerprint density at radius 3 is 2.39 bits per heavy atom. The minimum absolute atomic E-state index is 0.584. The summed E-state index contributed by atoms with van der Waals surface area (Å²) in [5.74, 6) is 0.888. The third-order valence-corrected chi connectivity index (χ3v) is 3.59. The summed E-state index contributed by atoms with van der Waals surface area (Å²) in [6.45, 7) is 3.32. The summed E-state index contributed by atoms with van der Waals surface area (Å²) in [6, 6.07) is 12.2. The molecular weight excluding hydrogens is 290 g/mol. The van der Waals surface area contributed by atoms with Crippen LogP contribution in [0.15, 0.2) is 40.9 Å². The molecule has 3 N–H and O–H groups in total. The van der Waals surface area contributed by atoms with Gasteiger partial charge in [0.15, 0.2) is 0 Å². The summed E-state index contributed by atoms with van der Waals surface area (Å²) in [5, 5.41) is 3.30. The zero-order chi connectivity index (χ0) is 13.0. The van der Waals surface area contributed by atoms with Gasteiger partial charge >= 0.3 is 0 Å². The van der Waals surface area contributed by atoms with E-state index in [9.17, 15) is 0 Å². The third-order valence-electron chi connectivity index (χ3n) is 2.75. The van der Waals surface area contributed by atoms with E-state index < -0.39 is 0 Å². The molecular formula is C14H16BrN3. The van der Waals surface area contributed by atoms with Gasteiger partial charge < -0.3 is 11.1 Å². The molecule has 0 radical (unpaired) electrons.